The van der Waals surface area contributed by atoms with Gasteiger partial charge in [-0.1, -0.05) is 50.5 Å². The highest BCUT2D eigenvalue weighted by atomic mass is 16.5. The summed E-state index contributed by atoms with van der Waals surface area (Å²) in [7, 11) is 3.32. The fourth-order valence-corrected chi connectivity index (χ4v) is 3.00. The Labute approximate surface area is 163 Å². The highest BCUT2D eigenvalue weighted by molar-refractivity contribution is 5.76. The smallest absolute Gasteiger partial charge is 0.223 e. The molecule has 0 aliphatic rings. The van der Waals surface area contributed by atoms with Crippen LogP contribution in [0.15, 0.2) is 48.5 Å². The molecule has 0 unspecified atom stereocenters. The molecule has 0 aliphatic heterocycles. The van der Waals surface area contributed by atoms with Gasteiger partial charge in [0, 0.05) is 19.5 Å². The second kappa shape index (κ2) is 11.3. The summed E-state index contributed by atoms with van der Waals surface area (Å²) in [5.41, 5.74) is 2.21. The van der Waals surface area contributed by atoms with Crippen LogP contribution in [0, 0.1) is 0 Å². The number of benzene rings is 2. The van der Waals surface area contributed by atoms with E-state index in [1.807, 2.05) is 53.4 Å². The molecule has 2 aromatic rings. The van der Waals surface area contributed by atoms with Crippen LogP contribution >= 0.6 is 0 Å². The van der Waals surface area contributed by atoms with Gasteiger partial charge in [0.05, 0.1) is 14.2 Å². The van der Waals surface area contributed by atoms with Crippen LogP contribution in [0.25, 0.3) is 0 Å². The molecular formula is C23H31NO3. The van der Waals surface area contributed by atoms with Crippen molar-refractivity contribution >= 4 is 5.91 Å². The van der Waals surface area contributed by atoms with Crippen LogP contribution in [-0.2, 0) is 17.9 Å². The van der Waals surface area contributed by atoms with Crippen LogP contribution in [0.5, 0.6) is 11.5 Å². The minimum atomic E-state index is 0.206. The van der Waals surface area contributed by atoms with Crippen LogP contribution in [0.2, 0.25) is 0 Å². The number of hydrogen-bond donors (Lipinski definition) is 0. The van der Waals surface area contributed by atoms with Crippen molar-refractivity contribution in [1.29, 1.82) is 0 Å². The predicted octanol–water partition coefficient (Wildman–Crippen LogP) is 5.20. The number of ether oxygens (including phenoxy) is 2. The van der Waals surface area contributed by atoms with Crippen molar-refractivity contribution in [3.05, 3.63) is 59.7 Å². The summed E-state index contributed by atoms with van der Waals surface area (Å²) in [4.78, 5) is 14.8. The average molecular weight is 370 g/mol. The van der Waals surface area contributed by atoms with Crippen LogP contribution in [0.3, 0.4) is 0 Å². The van der Waals surface area contributed by atoms with Crippen LogP contribution in [0.4, 0.5) is 0 Å². The number of rotatable bonds is 11. The zero-order valence-corrected chi connectivity index (χ0v) is 16.7. The topological polar surface area (TPSA) is 38.8 Å². The Hall–Kier alpha value is -2.49. The Balaban J connectivity index is 2.06. The Bertz CT molecular complexity index is 630. The quantitative estimate of drug-likeness (QED) is 0.511. The van der Waals surface area contributed by atoms with E-state index in [1.165, 1.54) is 12.8 Å². The molecule has 146 valence electrons. The van der Waals surface area contributed by atoms with Gasteiger partial charge < -0.3 is 14.4 Å². The monoisotopic (exact) mass is 369 g/mol. The van der Waals surface area contributed by atoms with Crippen molar-refractivity contribution in [2.75, 3.05) is 14.2 Å². The molecule has 0 aliphatic carbocycles. The Morgan fingerprint density at radius 2 is 1.26 bits per heavy atom. The van der Waals surface area contributed by atoms with E-state index in [0.29, 0.717) is 19.5 Å². The summed E-state index contributed by atoms with van der Waals surface area (Å²) in [5.74, 6) is 1.86. The second-order valence-electron chi connectivity index (χ2n) is 6.76. The molecule has 27 heavy (non-hydrogen) atoms. The number of hydrogen-bond acceptors (Lipinski definition) is 3. The highest BCUT2D eigenvalue weighted by Crippen LogP contribution is 2.18. The zero-order chi connectivity index (χ0) is 19.5. The van der Waals surface area contributed by atoms with Gasteiger partial charge in [-0.15, -0.1) is 0 Å². The minimum Gasteiger partial charge on any atom is -0.497 e. The lowest BCUT2D eigenvalue weighted by atomic mass is 10.1. The number of amides is 1. The molecule has 0 spiro atoms. The molecule has 4 nitrogen and oxygen atoms in total. The zero-order valence-electron chi connectivity index (χ0n) is 16.7. The van der Waals surface area contributed by atoms with Crippen molar-refractivity contribution in [2.24, 2.45) is 0 Å². The normalized spacial score (nSPS) is 10.5. The predicted molar refractivity (Wildman–Crippen MR) is 109 cm³/mol. The highest BCUT2D eigenvalue weighted by Gasteiger charge is 2.14. The lowest BCUT2D eigenvalue weighted by molar-refractivity contribution is -0.132. The second-order valence-corrected chi connectivity index (χ2v) is 6.76. The van der Waals surface area contributed by atoms with E-state index < -0.39 is 0 Å². The van der Waals surface area contributed by atoms with Gasteiger partial charge in [0.15, 0.2) is 0 Å². The largest absolute Gasteiger partial charge is 0.497 e. The Morgan fingerprint density at radius 1 is 0.778 bits per heavy atom. The molecule has 0 saturated heterocycles. The molecule has 4 heteroatoms. The summed E-state index contributed by atoms with van der Waals surface area (Å²) in [5, 5.41) is 0. The molecule has 2 aromatic carbocycles. The van der Waals surface area contributed by atoms with E-state index in [-0.39, 0.29) is 5.91 Å². The number of carbonyl (C=O) groups excluding carboxylic acids is 1. The van der Waals surface area contributed by atoms with Crippen molar-refractivity contribution in [1.82, 2.24) is 4.90 Å². The van der Waals surface area contributed by atoms with Crippen molar-refractivity contribution < 1.29 is 14.3 Å². The van der Waals surface area contributed by atoms with Gasteiger partial charge in [-0.2, -0.15) is 0 Å². The van der Waals surface area contributed by atoms with E-state index in [4.69, 9.17) is 9.47 Å². The first-order chi connectivity index (χ1) is 13.2. The molecule has 0 saturated carbocycles. The van der Waals surface area contributed by atoms with Crippen molar-refractivity contribution in [2.45, 2.75) is 52.1 Å². The summed E-state index contributed by atoms with van der Waals surface area (Å²) in [6.45, 7) is 3.38. The maximum absolute atomic E-state index is 12.8. The Kier molecular flexibility index (Phi) is 8.69. The summed E-state index contributed by atoms with van der Waals surface area (Å²) >= 11 is 0. The molecule has 0 N–H and O–H groups in total. The maximum Gasteiger partial charge on any atom is 0.223 e. The first kappa shape index (κ1) is 20.8. The van der Waals surface area contributed by atoms with Gasteiger partial charge in [-0.25, -0.2) is 0 Å². The third-order valence-electron chi connectivity index (χ3n) is 4.66. The molecule has 0 aromatic heterocycles. The van der Waals surface area contributed by atoms with Crippen molar-refractivity contribution in [3.63, 3.8) is 0 Å². The first-order valence-corrected chi connectivity index (χ1v) is 9.70. The summed E-state index contributed by atoms with van der Waals surface area (Å²) in [6.07, 6.45) is 5.03. The maximum atomic E-state index is 12.8. The average Bonchev–Trinajstić information content (AvgIpc) is 2.71. The fraction of sp³-hybridized carbons (Fsp3) is 0.435. The molecule has 1 amide bonds. The van der Waals surface area contributed by atoms with E-state index in [2.05, 4.69) is 6.92 Å². The van der Waals surface area contributed by atoms with Crippen LogP contribution in [0.1, 0.15) is 50.2 Å². The molecule has 0 heterocycles. The molecule has 0 radical (unpaired) electrons. The number of carbonyl (C=O) groups is 1. The van der Waals surface area contributed by atoms with Gasteiger partial charge >= 0.3 is 0 Å². The van der Waals surface area contributed by atoms with Crippen molar-refractivity contribution in [3.8, 4) is 11.5 Å². The standard InChI is InChI=1S/C23H31NO3/c1-4-5-6-7-8-23(25)24(17-19-9-13-21(26-2)14-10-19)18-20-11-15-22(27-3)16-12-20/h9-16H,4-8,17-18H2,1-3H3. The lowest BCUT2D eigenvalue weighted by Gasteiger charge is -2.23. The Morgan fingerprint density at radius 3 is 1.67 bits per heavy atom. The molecule has 0 bridgehead atoms. The van der Waals surface area contributed by atoms with Gasteiger partial charge in [-0.3, -0.25) is 4.79 Å². The molecule has 2 rings (SSSR count). The third-order valence-corrected chi connectivity index (χ3v) is 4.66. The van der Waals surface area contributed by atoms with E-state index in [1.54, 1.807) is 14.2 Å². The molecule has 0 atom stereocenters. The summed E-state index contributed by atoms with van der Waals surface area (Å²) < 4.78 is 10.4. The van der Waals surface area contributed by atoms with E-state index >= 15 is 0 Å². The van der Waals surface area contributed by atoms with Crippen LogP contribution in [-0.4, -0.2) is 25.0 Å². The third kappa shape index (κ3) is 6.97. The minimum absolute atomic E-state index is 0.206. The summed E-state index contributed by atoms with van der Waals surface area (Å²) in [6, 6.07) is 15.8. The van der Waals surface area contributed by atoms with Crippen LogP contribution < -0.4 is 9.47 Å². The number of methoxy groups -OCH3 is 2. The number of nitrogens with zero attached hydrogens (tertiary/aromatic N) is 1. The first-order valence-electron chi connectivity index (χ1n) is 9.70. The van der Waals surface area contributed by atoms with E-state index in [9.17, 15) is 4.79 Å². The van der Waals surface area contributed by atoms with Gasteiger partial charge in [0.2, 0.25) is 5.91 Å². The fourth-order valence-electron chi connectivity index (χ4n) is 3.00. The van der Waals surface area contributed by atoms with Gasteiger partial charge in [0.1, 0.15) is 11.5 Å². The number of unbranched alkanes of at least 4 members (excludes halogenated alkanes) is 3. The molecular weight excluding hydrogens is 338 g/mol. The molecule has 0 fully saturated rings. The van der Waals surface area contributed by atoms with E-state index in [0.717, 1.165) is 35.5 Å². The van der Waals surface area contributed by atoms with Gasteiger partial charge in [-0.05, 0) is 41.8 Å². The van der Waals surface area contributed by atoms with Gasteiger partial charge in [0.25, 0.3) is 0 Å². The SMILES string of the molecule is CCCCCCC(=O)N(Cc1ccc(OC)cc1)Cc1ccc(OC)cc1. The lowest BCUT2D eigenvalue weighted by Crippen LogP contribution is -2.29.